The van der Waals surface area contributed by atoms with Crippen molar-refractivity contribution < 1.29 is 0 Å². The molecule has 1 aromatic rings. The number of hydrogen-bond donors (Lipinski definition) is 1. The zero-order chi connectivity index (χ0) is 11.6. The number of aromatic nitrogens is 2. The fourth-order valence-electron chi connectivity index (χ4n) is 1.10. The third-order valence-electron chi connectivity index (χ3n) is 2.07. The number of aryl methyl sites for hydroxylation is 1. The molecule has 0 unspecified atom stereocenters. The maximum Gasteiger partial charge on any atom is 0.328 e. The van der Waals surface area contributed by atoms with E-state index in [9.17, 15) is 9.59 Å². The quantitative estimate of drug-likeness (QED) is 0.840. The Kier molecular flexibility index (Phi) is 3.39. The van der Waals surface area contributed by atoms with Gasteiger partial charge >= 0.3 is 5.69 Å². The zero-order valence-corrected chi connectivity index (χ0v) is 9.89. The number of H-pyrrole nitrogens is 1. The summed E-state index contributed by atoms with van der Waals surface area (Å²) in [7, 11) is 0. The van der Waals surface area contributed by atoms with E-state index in [0.29, 0.717) is 6.54 Å². The van der Waals surface area contributed by atoms with Gasteiger partial charge < -0.3 is 0 Å². The fourth-order valence-corrected chi connectivity index (χ4v) is 1.27. The highest BCUT2D eigenvalue weighted by Gasteiger charge is 2.11. The van der Waals surface area contributed by atoms with Crippen molar-refractivity contribution in [2.75, 3.05) is 0 Å². The summed E-state index contributed by atoms with van der Waals surface area (Å²) < 4.78 is 1.43. The topological polar surface area (TPSA) is 54.9 Å². The summed E-state index contributed by atoms with van der Waals surface area (Å²) in [6, 6.07) is 0. The maximum absolute atomic E-state index is 11.4. The van der Waals surface area contributed by atoms with Crippen molar-refractivity contribution in [2.45, 2.75) is 33.7 Å². The first-order valence-corrected chi connectivity index (χ1v) is 5.17. The van der Waals surface area contributed by atoms with Gasteiger partial charge in [0.2, 0.25) is 0 Å². The van der Waals surface area contributed by atoms with Gasteiger partial charge in [-0.25, -0.2) is 4.79 Å². The van der Waals surface area contributed by atoms with Crippen LogP contribution < -0.4 is 11.2 Å². The van der Waals surface area contributed by atoms with Crippen molar-refractivity contribution in [2.24, 2.45) is 5.41 Å². The first-order valence-electron chi connectivity index (χ1n) is 4.79. The highest BCUT2D eigenvalue weighted by molar-refractivity contribution is 6.30. The lowest BCUT2D eigenvalue weighted by atomic mass is 9.92. The van der Waals surface area contributed by atoms with Crippen LogP contribution in [0.15, 0.2) is 15.8 Å². The van der Waals surface area contributed by atoms with E-state index in [1.54, 1.807) is 0 Å². The highest BCUT2D eigenvalue weighted by atomic mass is 35.5. The van der Waals surface area contributed by atoms with Gasteiger partial charge in [0.15, 0.2) is 0 Å². The Morgan fingerprint density at radius 2 is 2.00 bits per heavy atom. The van der Waals surface area contributed by atoms with Crippen molar-refractivity contribution in [3.63, 3.8) is 0 Å². The molecule has 0 aliphatic carbocycles. The van der Waals surface area contributed by atoms with Gasteiger partial charge in [0.1, 0.15) is 5.02 Å². The molecule has 15 heavy (non-hydrogen) atoms. The summed E-state index contributed by atoms with van der Waals surface area (Å²) in [4.78, 5) is 24.5. The van der Waals surface area contributed by atoms with Crippen LogP contribution in [0.3, 0.4) is 0 Å². The second-order valence-electron chi connectivity index (χ2n) is 4.74. The minimum atomic E-state index is -0.534. The Bertz CT molecular complexity index is 454. The summed E-state index contributed by atoms with van der Waals surface area (Å²) in [5.74, 6) is 0. The van der Waals surface area contributed by atoms with Crippen molar-refractivity contribution in [3.8, 4) is 0 Å². The van der Waals surface area contributed by atoms with Gasteiger partial charge in [-0.15, -0.1) is 0 Å². The fraction of sp³-hybridized carbons (Fsp3) is 0.600. The highest BCUT2D eigenvalue weighted by Crippen LogP contribution is 2.18. The van der Waals surface area contributed by atoms with Gasteiger partial charge in [0, 0.05) is 12.7 Å². The molecule has 0 spiro atoms. The molecule has 0 fully saturated rings. The predicted octanol–water partition coefficient (Wildman–Crippen LogP) is 1.63. The van der Waals surface area contributed by atoms with Crippen molar-refractivity contribution in [1.82, 2.24) is 9.55 Å². The summed E-state index contributed by atoms with van der Waals surface area (Å²) in [5.41, 5.74) is -0.801. The average molecular weight is 231 g/mol. The largest absolute Gasteiger partial charge is 0.328 e. The molecule has 0 radical (unpaired) electrons. The Morgan fingerprint density at radius 3 is 2.53 bits per heavy atom. The Hall–Kier alpha value is -1.03. The van der Waals surface area contributed by atoms with E-state index >= 15 is 0 Å². The van der Waals surface area contributed by atoms with E-state index in [2.05, 4.69) is 25.8 Å². The minimum absolute atomic E-state index is 0.0449. The summed E-state index contributed by atoms with van der Waals surface area (Å²) in [6.45, 7) is 6.82. The molecule has 1 heterocycles. The molecule has 5 heteroatoms. The molecule has 0 amide bonds. The molecule has 0 atom stereocenters. The van der Waals surface area contributed by atoms with Crippen LogP contribution in [0, 0.1) is 5.41 Å². The molecule has 0 aliphatic rings. The molecule has 0 aliphatic heterocycles. The molecular weight excluding hydrogens is 216 g/mol. The number of rotatable bonds is 2. The van der Waals surface area contributed by atoms with E-state index < -0.39 is 11.2 Å². The van der Waals surface area contributed by atoms with Crippen LogP contribution in [0.4, 0.5) is 0 Å². The van der Waals surface area contributed by atoms with E-state index in [1.165, 1.54) is 10.8 Å². The Balaban J connectivity index is 2.92. The lowest BCUT2D eigenvalue weighted by Crippen LogP contribution is -2.30. The number of nitrogens with zero attached hydrogens (tertiary/aromatic N) is 1. The van der Waals surface area contributed by atoms with Gasteiger partial charge in [-0.3, -0.25) is 14.3 Å². The number of aromatic amines is 1. The van der Waals surface area contributed by atoms with Crippen LogP contribution in [0.2, 0.25) is 5.02 Å². The van der Waals surface area contributed by atoms with Crippen molar-refractivity contribution >= 4 is 11.6 Å². The van der Waals surface area contributed by atoms with Crippen LogP contribution in [-0.4, -0.2) is 9.55 Å². The molecule has 84 valence electrons. The Labute approximate surface area is 92.9 Å². The molecule has 0 saturated carbocycles. The van der Waals surface area contributed by atoms with Crippen LogP contribution in [0.1, 0.15) is 27.2 Å². The monoisotopic (exact) mass is 230 g/mol. The minimum Gasteiger partial charge on any atom is -0.299 e. The molecule has 1 N–H and O–H groups in total. The van der Waals surface area contributed by atoms with Gasteiger partial charge in [-0.2, -0.15) is 0 Å². The molecule has 1 rings (SSSR count). The van der Waals surface area contributed by atoms with E-state index in [1.807, 2.05) is 0 Å². The first kappa shape index (κ1) is 12.0. The summed E-state index contributed by atoms with van der Waals surface area (Å²) in [6.07, 6.45) is 2.23. The zero-order valence-electron chi connectivity index (χ0n) is 9.13. The average Bonchev–Trinajstić information content (AvgIpc) is 2.07. The third-order valence-corrected chi connectivity index (χ3v) is 2.34. The number of nitrogens with one attached hydrogen (secondary N) is 1. The van der Waals surface area contributed by atoms with Crippen LogP contribution in [0.5, 0.6) is 0 Å². The first-order chi connectivity index (χ1) is 6.79. The molecule has 4 nitrogen and oxygen atoms in total. The van der Waals surface area contributed by atoms with E-state index in [0.717, 1.165) is 6.42 Å². The van der Waals surface area contributed by atoms with Crippen LogP contribution >= 0.6 is 11.6 Å². The Morgan fingerprint density at radius 1 is 1.40 bits per heavy atom. The normalized spacial score (nSPS) is 11.7. The number of hydrogen-bond acceptors (Lipinski definition) is 2. The van der Waals surface area contributed by atoms with Crippen molar-refractivity contribution in [3.05, 3.63) is 32.1 Å². The summed E-state index contributed by atoms with van der Waals surface area (Å²) >= 11 is 5.63. The maximum atomic E-state index is 11.4. The number of halogens is 1. The SMILES string of the molecule is CC(C)(C)CCn1cc(Cl)c(=O)[nH]c1=O. The lowest BCUT2D eigenvalue weighted by molar-refractivity contribution is 0.346. The van der Waals surface area contributed by atoms with Gasteiger partial charge in [-0.1, -0.05) is 32.4 Å². The molecule has 0 saturated heterocycles. The molecular formula is C10H15ClN2O2. The van der Waals surface area contributed by atoms with Crippen LogP contribution in [0.25, 0.3) is 0 Å². The molecule has 0 aromatic carbocycles. The smallest absolute Gasteiger partial charge is 0.299 e. The lowest BCUT2D eigenvalue weighted by Gasteiger charge is -2.18. The van der Waals surface area contributed by atoms with E-state index in [-0.39, 0.29) is 10.4 Å². The van der Waals surface area contributed by atoms with E-state index in [4.69, 9.17) is 11.6 Å². The van der Waals surface area contributed by atoms with Crippen LogP contribution in [-0.2, 0) is 6.54 Å². The van der Waals surface area contributed by atoms with Gasteiger partial charge in [-0.05, 0) is 11.8 Å². The third kappa shape index (κ3) is 3.55. The standard InChI is InChI=1S/C10H15ClN2O2/c1-10(2,3)4-5-13-6-7(11)8(14)12-9(13)15/h6H,4-5H2,1-3H3,(H,12,14,15). The second-order valence-corrected chi connectivity index (χ2v) is 5.15. The summed E-state index contributed by atoms with van der Waals surface area (Å²) in [5, 5.41) is 0.0449. The predicted molar refractivity (Wildman–Crippen MR) is 60.4 cm³/mol. The molecule has 0 bridgehead atoms. The van der Waals surface area contributed by atoms with Gasteiger partial charge in [0.05, 0.1) is 0 Å². The van der Waals surface area contributed by atoms with Crippen molar-refractivity contribution in [1.29, 1.82) is 0 Å². The second kappa shape index (κ2) is 4.23. The molecule has 1 aromatic heterocycles. The van der Waals surface area contributed by atoms with Gasteiger partial charge in [0.25, 0.3) is 5.56 Å².